The highest BCUT2D eigenvalue weighted by molar-refractivity contribution is 5.78. The van der Waals surface area contributed by atoms with E-state index in [0.29, 0.717) is 6.54 Å². The molecule has 0 aromatic carbocycles. The number of carbonyl (C=O) groups is 1. The largest absolute Gasteiger partial charge is 0.350 e. The van der Waals surface area contributed by atoms with Crippen LogP contribution in [0.3, 0.4) is 0 Å². The highest BCUT2D eigenvalue weighted by atomic mass is 16.1. The normalized spacial score (nSPS) is 23.8. The fourth-order valence-corrected chi connectivity index (χ4v) is 3.97. The van der Waals surface area contributed by atoms with Gasteiger partial charge in [0.2, 0.25) is 5.91 Å². The van der Waals surface area contributed by atoms with Crippen LogP contribution in [-0.2, 0) is 18.4 Å². The molecule has 122 valence electrons. The second-order valence-electron chi connectivity index (χ2n) is 6.89. The van der Waals surface area contributed by atoms with Gasteiger partial charge in [-0.2, -0.15) is 5.10 Å². The summed E-state index contributed by atoms with van der Waals surface area (Å²) < 4.78 is 1.85. The van der Waals surface area contributed by atoms with Gasteiger partial charge in [-0.3, -0.25) is 14.4 Å². The third-order valence-corrected chi connectivity index (χ3v) is 5.21. The molecule has 0 spiro atoms. The average Bonchev–Trinajstić information content (AvgIpc) is 3.15. The number of carbonyl (C=O) groups excluding carboxylic acids is 1. The molecule has 1 aliphatic heterocycles. The topological polar surface area (TPSA) is 50.2 Å². The van der Waals surface area contributed by atoms with Crippen molar-refractivity contribution >= 4 is 5.91 Å². The molecule has 1 N–H and O–H groups in total. The second kappa shape index (κ2) is 6.82. The van der Waals surface area contributed by atoms with Crippen molar-refractivity contribution in [3.63, 3.8) is 0 Å². The zero-order chi connectivity index (χ0) is 15.5. The number of hydrogen-bond acceptors (Lipinski definition) is 3. The molecular weight excluding hydrogens is 276 g/mol. The van der Waals surface area contributed by atoms with E-state index in [-0.39, 0.29) is 11.8 Å². The zero-order valence-corrected chi connectivity index (χ0v) is 13.8. The second-order valence-corrected chi connectivity index (χ2v) is 6.89. The Morgan fingerprint density at radius 3 is 2.77 bits per heavy atom. The smallest absolute Gasteiger partial charge is 0.224 e. The van der Waals surface area contributed by atoms with Crippen LogP contribution in [0.4, 0.5) is 0 Å². The Balaban J connectivity index is 1.52. The van der Waals surface area contributed by atoms with Gasteiger partial charge in [-0.15, -0.1) is 0 Å². The summed E-state index contributed by atoms with van der Waals surface area (Å²) in [5, 5.41) is 7.43. The number of nitrogens with zero attached hydrogens (tertiary/aromatic N) is 3. The van der Waals surface area contributed by atoms with E-state index in [9.17, 15) is 4.79 Å². The number of piperidine rings is 1. The lowest BCUT2D eigenvalue weighted by molar-refractivity contribution is -0.127. The molecule has 2 aliphatic rings. The SMILES string of the molecule is Cc1cc(CNC(=O)C2CCCN(C3CCCC3)C2)n(C)n1. The standard InChI is InChI=1S/C17H28N4O/c1-13-10-16(20(2)19-13)11-18-17(22)14-6-5-9-21(12-14)15-7-3-4-8-15/h10,14-15H,3-9,11-12H2,1-2H3,(H,18,22). The number of amides is 1. The van der Waals surface area contributed by atoms with Gasteiger partial charge >= 0.3 is 0 Å². The molecule has 1 aromatic heterocycles. The van der Waals surface area contributed by atoms with Gasteiger partial charge in [0.05, 0.1) is 23.9 Å². The first-order valence-corrected chi connectivity index (χ1v) is 8.65. The number of hydrogen-bond donors (Lipinski definition) is 1. The van der Waals surface area contributed by atoms with Crippen LogP contribution >= 0.6 is 0 Å². The van der Waals surface area contributed by atoms with Crippen LogP contribution in [-0.4, -0.2) is 39.7 Å². The maximum atomic E-state index is 12.5. The van der Waals surface area contributed by atoms with E-state index in [1.165, 1.54) is 32.2 Å². The van der Waals surface area contributed by atoms with Crippen molar-refractivity contribution in [2.75, 3.05) is 13.1 Å². The van der Waals surface area contributed by atoms with Crippen molar-refractivity contribution in [2.24, 2.45) is 13.0 Å². The summed E-state index contributed by atoms with van der Waals surface area (Å²) in [6.07, 6.45) is 7.54. The van der Waals surface area contributed by atoms with E-state index in [1.807, 2.05) is 24.7 Å². The molecule has 1 unspecified atom stereocenters. The Kier molecular flexibility index (Phi) is 4.81. The average molecular weight is 304 g/mol. The molecule has 1 saturated heterocycles. The van der Waals surface area contributed by atoms with Gasteiger partial charge in [-0.05, 0) is 45.2 Å². The lowest BCUT2D eigenvalue weighted by atomic mass is 9.95. The van der Waals surface area contributed by atoms with Crippen LogP contribution < -0.4 is 5.32 Å². The van der Waals surface area contributed by atoms with Crippen molar-refractivity contribution in [3.8, 4) is 0 Å². The van der Waals surface area contributed by atoms with Crippen LogP contribution in [0.2, 0.25) is 0 Å². The fraction of sp³-hybridized carbons (Fsp3) is 0.765. The molecular formula is C17H28N4O. The van der Waals surface area contributed by atoms with Crippen LogP contribution in [0.25, 0.3) is 0 Å². The third-order valence-electron chi connectivity index (χ3n) is 5.21. The van der Waals surface area contributed by atoms with Crippen molar-refractivity contribution in [2.45, 2.75) is 58.0 Å². The van der Waals surface area contributed by atoms with E-state index >= 15 is 0 Å². The van der Waals surface area contributed by atoms with Crippen molar-refractivity contribution in [1.82, 2.24) is 20.0 Å². The van der Waals surface area contributed by atoms with E-state index in [0.717, 1.165) is 36.8 Å². The molecule has 2 heterocycles. The van der Waals surface area contributed by atoms with Gasteiger partial charge < -0.3 is 5.32 Å². The van der Waals surface area contributed by atoms with Crippen LogP contribution in [0.15, 0.2) is 6.07 Å². The Hall–Kier alpha value is -1.36. The van der Waals surface area contributed by atoms with Gasteiger partial charge in [0.15, 0.2) is 0 Å². The first-order chi connectivity index (χ1) is 10.6. The monoisotopic (exact) mass is 304 g/mol. The van der Waals surface area contributed by atoms with E-state index in [1.54, 1.807) is 0 Å². The highest BCUT2D eigenvalue weighted by Crippen LogP contribution is 2.28. The minimum absolute atomic E-state index is 0.156. The minimum Gasteiger partial charge on any atom is -0.350 e. The number of nitrogens with one attached hydrogen (secondary N) is 1. The van der Waals surface area contributed by atoms with Crippen molar-refractivity contribution in [1.29, 1.82) is 0 Å². The molecule has 5 heteroatoms. The van der Waals surface area contributed by atoms with Crippen LogP contribution in [0.1, 0.15) is 49.9 Å². The van der Waals surface area contributed by atoms with Gasteiger partial charge in [-0.25, -0.2) is 0 Å². The molecule has 1 amide bonds. The van der Waals surface area contributed by atoms with Gasteiger partial charge in [-0.1, -0.05) is 12.8 Å². The van der Waals surface area contributed by atoms with Gasteiger partial charge in [0.25, 0.3) is 0 Å². The van der Waals surface area contributed by atoms with Crippen LogP contribution in [0, 0.1) is 12.8 Å². The quantitative estimate of drug-likeness (QED) is 0.925. The first-order valence-electron chi connectivity index (χ1n) is 8.65. The van der Waals surface area contributed by atoms with E-state index in [4.69, 9.17) is 0 Å². The summed E-state index contributed by atoms with van der Waals surface area (Å²) in [6.45, 7) is 4.68. The summed E-state index contributed by atoms with van der Waals surface area (Å²) in [6, 6.07) is 2.77. The Bertz CT molecular complexity index is 519. The maximum Gasteiger partial charge on any atom is 0.224 e. The van der Waals surface area contributed by atoms with Crippen molar-refractivity contribution < 1.29 is 4.79 Å². The highest BCUT2D eigenvalue weighted by Gasteiger charge is 2.30. The molecule has 1 atom stereocenters. The molecule has 1 aliphatic carbocycles. The van der Waals surface area contributed by atoms with E-state index < -0.39 is 0 Å². The summed E-state index contributed by atoms with van der Waals surface area (Å²) in [5.74, 6) is 0.366. The lowest BCUT2D eigenvalue weighted by Crippen LogP contribution is -2.46. The lowest BCUT2D eigenvalue weighted by Gasteiger charge is -2.36. The maximum absolute atomic E-state index is 12.5. The summed E-state index contributed by atoms with van der Waals surface area (Å²) >= 11 is 0. The van der Waals surface area contributed by atoms with E-state index in [2.05, 4.69) is 15.3 Å². The number of aromatic nitrogens is 2. The Labute approximate surface area is 133 Å². The molecule has 1 aromatic rings. The first kappa shape index (κ1) is 15.5. The molecule has 5 nitrogen and oxygen atoms in total. The van der Waals surface area contributed by atoms with Crippen molar-refractivity contribution in [3.05, 3.63) is 17.5 Å². The van der Waals surface area contributed by atoms with Crippen LogP contribution in [0.5, 0.6) is 0 Å². The molecule has 1 saturated carbocycles. The zero-order valence-electron chi connectivity index (χ0n) is 13.8. The summed E-state index contributed by atoms with van der Waals surface area (Å²) in [4.78, 5) is 15.0. The van der Waals surface area contributed by atoms with Gasteiger partial charge in [0, 0.05) is 19.6 Å². The molecule has 22 heavy (non-hydrogen) atoms. The number of aryl methyl sites for hydroxylation is 2. The minimum atomic E-state index is 0.156. The molecule has 3 rings (SSSR count). The predicted octanol–water partition coefficient (Wildman–Crippen LogP) is 2.00. The Morgan fingerprint density at radius 2 is 2.09 bits per heavy atom. The number of likely N-dealkylation sites (tertiary alicyclic amines) is 1. The molecule has 0 radical (unpaired) electrons. The fourth-order valence-electron chi connectivity index (χ4n) is 3.97. The summed E-state index contributed by atoms with van der Waals surface area (Å²) in [5.41, 5.74) is 2.06. The molecule has 2 fully saturated rings. The Morgan fingerprint density at radius 1 is 1.32 bits per heavy atom. The third kappa shape index (κ3) is 3.51. The number of rotatable bonds is 4. The van der Waals surface area contributed by atoms with Gasteiger partial charge in [0.1, 0.15) is 0 Å². The summed E-state index contributed by atoms with van der Waals surface area (Å²) in [7, 11) is 1.93. The molecule has 0 bridgehead atoms. The predicted molar refractivity (Wildman–Crippen MR) is 86.3 cm³/mol.